The van der Waals surface area contributed by atoms with Gasteiger partial charge in [0.05, 0.1) is 5.56 Å². The fourth-order valence-corrected chi connectivity index (χ4v) is 5.57. The van der Waals surface area contributed by atoms with Gasteiger partial charge in [0.1, 0.15) is 12.1 Å². The van der Waals surface area contributed by atoms with Crippen LogP contribution in [0.5, 0.6) is 0 Å². The Morgan fingerprint density at radius 3 is 1.77 bits per heavy atom. The van der Waals surface area contributed by atoms with Crippen LogP contribution in [-0.2, 0) is 14.4 Å². The monoisotopic (exact) mass is 579 g/mol. The minimum absolute atomic E-state index is 0.0160. The van der Waals surface area contributed by atoms with Crippen molar-refractivity contribution in [3.05, 3.63) is 89.7 Å². The van der Waals surface area contributed by atoms with Crippen molar-refractivity contribution in [3.63, 3.8) is 0 Å². The van der Waals surface area contributed by atoms with Gasteiger partial charge in [-0.15, -0.1) is 0 Å². The first kappa shape index (κ1) is 29.7. The Labute approximate surface area is 252 Å². The number of carbonyl (C=O) groups excluding carboxylic acids is 4. The van der Waals surface area contributed by atoms with Crippen LogP contribution in [0, 0.1) is 5.92 Å². The Morgan fingerprint density at radius 2 is 1.28 bits per heavy atom. The van der Waals surface area contributed by atoms with Gasteiger partial charge in [0, 0.05) is 42.8 Å². The van der Waals surface area contributed by atoms with Gasteiger partial charge in [-0.2, -0.15) is 0 Å². The summed E-state index contributed by atoms with van der Waals surface area (Å²) in [6.45, 7) is 4.88. The van der Waals surface area contributed by atoms with Gasteiger partial charge >= 0.3 is 0 Å². The largest absolute Gasteiger partial charge is 0.330 e. The summed E-state index contributed by atoms with van der Waals surface area (Å²) in [4.78, 5) is 58.6. The molecule has 43 heavy (non-hydrogen) atoms. The molecule has 2 N–H and O–H groups in total. The summed E-state index contributed by atoms with van der Waals surface area (Å²) in [5.74, 6) is -0.643. The molecule has 0 aliphatic carbocycles. The minimum atomic E-state index is -0.514. The van der Waals surface area contributed by atoms with Crippen LogP contribution in [0.25, 0.3) is 12.2 Å². The molecule has 9 nitrogen and oxygen atoms in total. The zero-order valence-corrected chi connectivity index (χ0v) is 24.5. The molecule has 0 bridgehead atoms. The molecule has 2 saturated heterocycles. The molecule has 222 valence electrons. The van der Waals surface area contributed by atoms with Gasteiger partial charge in [0.15, 0.2) is 0 Å². The van der Waals surface area contributed by atoms with E-state index in [0.29, 0.717) is 42.9 Å². The number of likely N-dealkylation sites (tertiary alicyclic amines) is 2. The fourth-order valence-electron chi connectivity index (χ4n) is 5.57. The average molecular weight is 580 g/mol. The number of hydrogen-bond donors (Lipinski definition) is 2. The number of nitrogens with zero attached hydrogens (tertiary/aromatic N) is 3. The summed E-state index contributed by atoms with van der Waals surface area (Å²) in [5, 5.41) is 5.90. The number of aromatic nitrogens is 1. The average Bonchev–Trinajstić information content (AvgIpc) is 3.72. The topological polar surface area (TPSA) is 112 Å². The number of rotatable bonds is 8. The SMILES string of the molecule is CC(C)C(=O)N1CCC[C@H]1C(=O)Nc1ccc(C=Cc2ccc(NC(=O)[C@@H]3CCCN3C(=O)c3cccnc3)cc2)cc1. The second kappa shape index (κ2) is 13.5. The molecule has 5 rings (SSSR count). The molecule has 1 aromatic heterocycles. The summed E-state index contributed by atoms with van der Waals surface area (Å²) in [5.41, 5.74) is 3.76. The molecule has 3 heterocycles. The summed E-state index contributed by atoms with van der Waals surface area (Å²) >= 11 is 0. The van der Waals surface area contributed by atoms with E-state index in [1.54, 1.807) is 28.1 Å². The Morgan fingerprint density at radius 1 is 0.767 bits per heavy atom. The number of anilines is 2. The molecule has 2 fully saturated rings. The predicted molar refractivity (Wildman–Crippen MR) is 167 cm³/mol. The van der Waals surface area contributed by atoms with Crippen molar-refractivity contribution in [3.8, 4) is 0 Å². The van der Waals surface area contributed by atoms with Crippen molar-refractivity contribution in [1.82, 2.24) is 14.8 Å². The van der Waals surface area contributed by atoms with Crippen molar-refractivity contribution >= 4 is 47.2 Å². The Hall–Kier alpha value is -4.79. The van der Waals surface area contributed by atoms with E-state index in [0.717, 1.165) is 24.0 Å². The number of pyridine rings is 1. The molecule has 9 heteroatoms. The molecule has 2 aliphatic heterocycles. The van der Waals surface area contributed by atoms with Crippen LogP contribution < -0.4 is 10.6 Å². The van der Waals surface area contributed by atoms with E-state index in [2.05, 4.69) is 15.6 Å². The first-order chi connectivity index (χ1) is 20.8. The van der Waals surface area contributed by atoms with Gasteiger partial charge in [-0.1, -0.05) is 50.3 Å². The Balaban J connectivity index is 1.13. The lowest BCUT2D eigenvalue weighted by atomic mass is 10.1. The second-order valence-corrected chi connectivity index (χ2v) is 11.3. The molecule has 0 spiro atoms. The lowest BCUT2D eigenvalue weighted by Gasteiger charge is -2.25. The maximum absolute atomic E-state index is 13.0. The minimum Gasteiger partial charge on any atom is -0.330 e. The van der Waals surface area contributed by atoms with E-state index >= 15 is 0 Å². The van der Waals surface area contributed by atoms with E-state index < -0.39 is 12.1 Å². The van der Waals surface area contributed by atoms with E-state index in [-0.39, 0.29) is 29.5 Å². The molecule has 0 radical (unpaired) electrons. The van der Waals surface area contributed by atoms with Gasteiger partial charge in [0.25, 0.3) is 5.91 Å². The highest BCUT2D eigenvalue weighted by atomic mass is 16.2. The Bertz CT molecular complexity index is 1490. The zero-order chi connectivity index (χ0) is 30.3. The fraction of sp³-hybridized carbons (Fsp3) is 0.324. The van der Waals surface area contributed by atoms with Crippen LogP contribution in [0.15, 0.2) is 73.1 Å². The molecule has 2 atom stereocenters. The molecular formula is C34H37N5O4. The standard InChI is InChI=1S/C34H37N5O4/c1-23(2)33(42)38-20-4-7-29(38)31(40)36-27-15-11-24(12-16-27)9-10-25-13-17-28(18-14-25)37-32(41)30-8-5-21-39(30)34(43)26-6-3-19-35-22-26/h3,6,9-19,22-23,29-30H,4-5,7-8,20-21H2,1-2H3,(H,36,40)(H,37,41)/t29-,30-/m0/s1. The third kappa shape index (κ3) is 7.17. The maximum atomic E-state index is 13.0. The highest BCUT2D eigenvalue weighted by Crippen LogP contribution is 2.24. The van der Waals surface area contributed by atoms with Crippen molar-refractivity contribution in [1.29, 1.82) is 0 Å². The van der Waals surface area contributed by atoms with Crippen LogP contribution in [0.3, 0.4) is 0 Å². The van der Waals surface area contributed by atoms with Crippen molar-refractivity contribution < 1.29 is 19.2 Å². The van der Waals surface area contributed by atoms with Crippen LogP contribution in [0.1, 0.15) is 61.0 Å². The third-order valence-corrected chi connectivity index (χ3v) is 7.88. The summed E-state index contributed by atoms with van der Waals surface area (Å²) < 4.78 is 0. The lowest BCUT2D eigenvalue weighted by molar-refractivity contribution is -0.139. The predicted octanol–water partition coefficient (Wildman–Crippen LogP) is 5.08. The van der Waals surface area contributed by atoms with Gasteiger partial charge in [0.2, 0.25) is 17.7 Å². The number of amides is 4. The Kier molecular flexibility index (Phi) is 9.29. The van der Waals surface area contributed by atoms with Gasteiger partial charge in [-0.3, -0.25) is 24.2 Å². The van der Waals surface area contributed by atoms with Crippen molar-refractivity contribution in [2.24, 2.45) is 5.92 Å². The number of benzene rings is 2. The molecule has 0 saturated carbocycles. The van der Waals surface area contributed by atoms with Gasteiger partial charge in [-0.25, -0.2) is 0 Å². The number of nitrogens with one attached hydrogen (secondary N) is 2. The van der Waals surface area contributed by atoms with Gasteiger partial charge < -0.3 is 20.4 Å². The highest BCUT2D eigenvalue weighted by molar-refractivity contribution is 6.01. The molecular weight excluding hydrogens is 542 g/mol. The second-order valence-electron chi connectivity index (χ2n) is 11.3. The van der Waals surface area contributed by atoms with E-state index in [4.69, 9.17) is 0 Å². The zero-order valence-electron chi connectivity index (χ0n) is 24.5. The summed E-state index contributed by atoms with van der Waals surface area (Å²) in [6.07, 6.45) is 10.00. The van der Waals surface area contributed by atoms with E-state index in [1.807, 2.05) is 74.5 Å². The molecule has 4 amide bonds. The summed E-state index contributed by atoms with van der Waals surface area (Å²) in [6, 6.07) is 17.6. The first-order valence-electron chi connectivity index (χ1n) is 14.8. The molecule has 3 aromatic rings. The molecule has 0 unspecified atom stereocenters. The first-order valence-corrected chi connectivity index (χ1v) is 14.8. The molecule has 2 aliphatic rings. The smallest absolute Gasteiger partial charge is 0.256 e. The van der Waals surface area contributed by atoms with Crippen LogP contribution in [0.2, 0.25) is 0 Å². The number of hydrogen-bond acceptors (Lipinski definition) is 5. The quantitative estimate of drug-likeness (QED) is 0.362. The van der Waals surface area contributed by atoms with Crippen LogP contribution in [0.4, 0.5) is 11.4 Å². The maximum Gasteiger partial charge on any atom is 0.256 e. The van der Waals surface area contributed by atoms with Gasteiger partial charge in [-0.05, 0) is 73.2 Å². The number of carbonyl (C=O) groups is 4. The van der Waals surface area contributed by atoms with E-state index in [1.165, 1.54) is 6.20 Å². The van der Waals surface area contributed by atoms with Crippen molar-refractivity contribution in [2.45, 2.75) is 51.6 Å². The highest BCUT2D eigenvalue weighted by Gasteiger charge is 2.35. The van der Waals surface area contributed by atoms with Crippen molar-refractivity contribution in [2.75, 3.05) is 23.7 Å². The normalized spacial score (nSPS) is 18.3. The molecule has 2 aromatic carbocycles. The van der Waals surface area contributed by atoms with E-state index in [9.17, 15) is 19.2 Å². The summed E-state index contributed by atoms with van der Waals surface area (Å²) in [7, 11) is 0. The third-order valence-electron chi connectivity index (χ3n) is 7.88. The van der Waals surface area contributed by atoms with Crippen LogP contribution >= 0.6 is 0 Å². The van der Waals surface area contributed by atoms with Crippen LogP contribution in [-0.4, -0.2) is 63.6 Å². The lowest BCUT2D eigenvalue weighted by Crippen LogP contribution is -2.44.